The molecule has 0 heteroatoms. The van der Waals surface area contributed by atoms with Gasteiger partial charge in [0.25, 0.3) is 0 Å². The van der Waals surface area contributed by atoms with Crippen molar-refractivity contribution in [3.8, 4) is 0 Å². The Hall–Kier alpha value is 0. The van der Waals surface area contributed by atoms with Gasteiger partial charge in [0.2, 0.25) is 0 Å². The first-order valence-electron chi connectivity index (χ1n) is 8.14. The van der Waals surface area contributed by atoms with E-state index in [1.165, 1.54) is 77.0 Å². The van der Waals surface area contributed by atoms with E-state index in [4.69, 9.17) is 0 Å². The summed E-state index contributed by atoms with van der Waals surface area (Å²) in [5.74, 6) is 0.879. The Balaban J connectivity index is 3.03. The van der Waals surface area contributed by atoms with Gasteiger partial charge in [-0.1, -0.05) is 97.8 Å². The Bertz CT molecular complexity index is 124. The zero-order chi connectivity index (χ0) is 12.8. The highest BCUT2D eigenvalue weighted by atomic mass is 14.1. The van der Waals surface area contributed by atoms with Crippen LogP contribution in [0.25, 0.3) is 0 Å². The number of rotatable bonds is 13. The second-order valence-electron chi connectivity index (χ2n) is 5.47. The van der Waals surface area contributed by atoms with Gasteiger partial charge in [-0.05, 0) is 12.3 Å². The van der Waals surface area contributed by atoms with Crippen LogP contribution in [0, 0.1) is 12.3 Å². The molecule has 0 aromatic heterocycles. The Labute approximate surface area is 111 Å². The third-order valence-corrected chi connectivity index (χ3v) is 3.92. The maximum atomic E-state index is 2.38. The van der Waals surface area contributed by atoms with Gasteiger partial charge in [-0.25, -0.2) is 0 Å². The summed E-state index contributed by atoms with van der Waals surface area (Å²) >= 11 is 0. The highest BCUT2D eigenvalue weighted by molar-refractivity contribution is 4.69. The standard InChI is InChI=1S/C17H35/c1-4-7-8-9-10-11-12-13-14-15-16-17(5-2)6-3/h5,17H,4,6-16H2,1-3H3. The van der Waals surface area contributed by atoms with Crippen LogP contribution >= 0.6 is 0 Å². The molecule has 0 fully saturated rings. The molecule has 0 rings (SSSR count). The number of unbranched alkanes of at least 4 members (excludes halogenated alkanes) is 9. The second kappa shape index (κ2) is 14.1. The molecule has 0 aromatic carbocycles. The molecule has 0 nitrogen and oxygen atoms in total. The Kier molecular flexibility index (Phi) is 14.1. The molecule has 17 heavy (non-hydrogen) atoms. The van der Waals surface area contributed by atoms with Crippen LogP contribution in [0.15, 0.2) is 0 Å². The first-order valence-corrected chi connectivity index (χ1v) is 8.14. The lowest BCUT2D eigenvalue weighted by Crippen LogP contribution is -1.96. The van der Waals surface area contributed by atoms with Crippen LogP contribution in [0.3, 0.4) is 0 Å². The van der Waals surface area contributed by atoms with Crippen molar-refractivity contribution in [2.24, 2.45) is 5.92 Å². The zero-order valence-corrected chi connectivity index (χ0v) is 12.6. The van der Waals surface area contributed by atoms with E-state index in [1.54, 1.807) is 0 Å². The molecule has 0 saturated carbocycles. The smallest absolute Gasteiger partial charge is 0.0386 e. The molecular formula is C17H35. The van der Waals surface area contributed by atoms with E-state index in [1.807, 2.05) is 0 Å². The maximum absolute atomic E-state index is 2.38. The van der Waals surface area contributed by atoms with Gasteiger partial charge in [-0.3, -0.25) is 0 Å². The summed E-state index contributed by atoms with van der Waals surface area (Å²) in [4.78, 5) is 0. The fourth-order valence-corrected chi connectivity index (χ4v) is 2.50. The first kappa shape index (κ1) is 17.0. The molecule has 0 spiro atoms. The van der Waals surface area contributed by atoms with E-state index < -0.39 is 0 Å². The van der Waals surface area contributed by atoms with Gasteiger partial charge < -0.3 is 0 Å². The van der Waals surface area contributed by atoms with Crippen molar-refractivity contribution in [3.63, 3.8) is 0 Å². The van der Waals surface area contributed by atoms with Crippen molar-refractivity contribution >= 4 is 0 Å². The molecule has 1 atom stereocenters. The van der Waals surface area contributed by atoms with Crippen molar-refractivity contribution in [3.05, 3.63) is 6.42 Å². The highest BCUT2D eigenvalue weighted by Crippen LogP contribution is 2.17. The summed E-state index contributed by atoms with van der Waals surface area (Å²) in [5.41, 5.74) is 0. The predicted molar refractivity (Wildman–Crippen MR) is 80.2 cm³/mol. The monoisotopic (exact) mass is 239 g/mol. The molecule has 0 aliphatic carbocycles. The van der Waals surface area contributed by atoms with Crippen molar-refractivity contribution < 1.29 is 0 Å². The van der Waals surface area contributed by atoms with Gasteiger partial charge >= 0.3 is 0 Å². The van der Waals surface area contributed by atoms with Crippen LogP contribution in [-0.2, 0) is 0 Å². The van der Waals surface area contributed by atoms with E-state index in [0.29, 0.717) is 0 Å². The van der Waals surface area contributed by atoms with Gasteiger partial charge in [0, 0.05) is 0 Å². The largest absolute Gasteiger partial charge is 0.0654 e. The third-order valence-electron chi connectivity index (χ3n) is 3.92. The Morgan fingerprint density at radius 2 is 1.18 bits per heavy atom. The molecule has 103 valence electrons. The minimum atomic E-state index is 0.879. The maximum Gasteiger partial charge on any atom is -0.0386 e. The summed E-state index contributed by atoms with van der Waals surface area (Å²) in [7, 11) is 0. The molecule has 0 aliphatic heterocycles. The second-order valence-corrected chi connectivity index (χ2v) is 5.47. The van der Waals surface area contributed by atoms with E-state index in [-0.39, 0.29) is 0 Å². The summed E-state index contributed by atoms with van der Waals surface area (Å²) in [5, 5.41) is 0. The Morgan fingerprint density at radius 3 is 1.59 bits per heavy atom. The van der Waals surface area contributed by atoms with Gasteiger partial charge in [-0.15, -0.1) is 0 Å². The van der Waals surface area contributed by atoms with Gasteiger partial charge in [-0.2, -0.15) is 0 Å². The SMILES string of the molecule is C[CH]C(CC)CCCCCCCCCCCC. The van der Waals surface area contributed by atoms with E-state index in [9.17, 15) is 0 Å². The van der Waals surface area contributed by atoms with E-state index in [0.717, 1.165) is 5.92 Å². The van der Waals surface area contributed by atoms with Crippen LogP contribution in [0.2, 0.25) is 0 Å². The molecule has 0 saturated heterocycles. The van der Waals surface area contributed by atoms with Gasteiger partial charge in [0.15, 0.2) is 0 Å². The van der Waals surface area contributed by atoms with Gasteiger partial charge in [0.05, 0.1) is 0 Å². The average molecular weight is 239 g/mol. The van der Waals surface area contributed by atoms with Crippen molar-refractivity contribution in [2.75, 3.05) is 0 Å². The summed E-state index contributed by atoms with van der Waals surface area (Å²) < 4.78 is 0. The van der Waals surface area contributed by atoms with E-state index in [2.05, 4.69) is 27.2 Å². The lowest BCUT2D eigenvalue weighted by atomic mass is 9.95. The number of hydrogen-bond acceptors (Lipinski definition) is 0. The Morgan fingerprint density at radius 1 is 0.706 bits per heavy atom. The minimum Gasteiger partial charge on any atom is -0.0654 e. The quantitative estimate of drug-likeness (QED) is 0.320. The molecule has 0 aliphatic rings. The van der Waals surface area contributed by atoms with Crippen LogP contribution in [0.4, 0.5) is 0 Å². The van der Waals surface area contributed by atoms with Gasteiger partial charge in [0.1, 0.15) is 0 Å². The predicted octanol–water partition coefficient (Wildman–Crippen LogP) is 6.55. The lowest BCUT2D eigenvalue weighted by molar-refractivity contribution is 0.482. The molecular weight excluding hydrogens is 204 g/mol. The van der Waals surface area contributed by atoms with E-state index >= 15 is 0 Å². The molecule has 0 heterocycles. The van der Waals surface area contributed by atoms with Crippen LogP contribution in [-0.4, -0.2) is 0 Å². The summed E-state index contributed by atoms with van der Waals surface area (Å²) in [6.07, 6.45) is 19.6. The van der Waals surface area contributed by atoms with Crippen LogP contribution in [0.1, 0.15) is 97.8 Å². The topological polar surface area (TPSA) is 0 Å². The molecule has 0 amide bonds. The summed E-state index contributed by atoms with van der Waals surface area (Å²) in [6, 6.07) is 0. The average Bonchev–Trinajstić information content (AvgIpc) is 2.36. The molecule has 1 radical (unpaired) electrons. The fraction of sp³-hybridized carbons (Fsp3) is 0.941. The van der Waals surface area contributed by atoms with Crippen molar-refractivity contribution in [1.82, 2.24) is 0 Å². The van der Waals surface area contributed by atoms with Crippen LogP contribution < -0.4 is 0 Å². The third kappa shape index (κ3) is 12.2. The zero-order valence-electron chi connectivity index (χ0n) is 12.6. The lowest BCUT2D eigenvalue weighted by Gasteiger charge is -2.10. The highest BCUT2D eigenvalue weighted by Gasteiger charge is 2.02. The normalized spacial score (nSPS) is 11.3. The number of hydrogen-bond donors (Lipinski definition) is 0. The van der Waals surface area contributed by atoms with Crippen LogP contribution in [0.5, 0.6) is 0 Å². The molecule has 1 unspecified atom stereocenters. The fourth-order valence-electron chi connectivity index (χ4n) is 2.50. The molecule has 0 aromatic rings. The summed E-state index contributed by atoms with van der Waals surface area (Å²) in [6.45, 7) is 6.81. The van der Waals surface area contributed by atoms with Crippen molar-refractivity contribution in [2.45, 2.75) is 97.8 Å². The minimum absolute atomic E-state index is 0.879. The first-order chi connectivity index (χ1) is 8.35. The molecule has 0 N–H and O–H groups in total. The molecule has 0 bridgehead atoms. The van der Waals surface area contributed by atoms with Crippen molar-refractivity contribution in [1.29, 1.82) is 0 Å².